The van der Waals surface area contributed by atoms with Crippen LogP contribution in [0.2, 0.25) is 0 Å². The second kappa shape index (κ2) is 12.6. The molecule has 7 rings (SSSR count). The van der Waals surface area contributed by atoms with Crippen LogP contribution in [0, 0.1) is 6.92 Å². The van der Waals surface area contributed by atoms with Crippen molar-refractivity contribution in [1.82, 2.24) is 0 Å². The fourth-order valence-corrected chi connectivity index (χ4v) is 6.93. The van der Waals surface area contributed by atoms with E-state index in [0.29, 0.717) is 5.92 Å². The van der Waals surface area contributed by atoms with E-state index < -0.39 is 0 Å². The van der Waals surface area contributed by atoms with Gasteiger partial charge in [0.15, 0.2) is 0 Å². The van der Waals surface area contributed by atoms with Gasteiger partial charge in [0, 0.05) is 42.3 Å². The third-order valence-electron chi connectivity index (χ3n) is 9.38. The van der Waals surface area contributed by atoms with Gasteiger partial charge in [0.05, 0.1) is 5.76 Å². The summed E-state index contributed by atoms with van der Waals surface area (Å²) in [6.07, 6.45) is 26.0. The van der Waals surface area contributed by atoms with Crippen molar-refractivity contribution >= 4 is 16.9 Å². The Kier molecular flexibility index (Phi) is 8.07. The summed E-state index contributed by atoms with van der Waals surface area (Å²) in [4.78, 5) is 2.49. The second-order valence-electron chi connectivity index (χ2n) is 12.4. The van der Waals surface area contributed by atoms with Crippen LogP contribution in [0.4, 0.5) is 11.4 Å². The first-order chi connectivity index (χ1) is 21.6. The van der Waals surface area contributed by atoms with Gasteiger partial charge in [-0.3, -0.25) is 0 Å². The maximum Gasteiger partial charge on any atom is 0.107 e. The number of ether oxygens (including phenoxy) is 1. The summed E-state index contributed by atoms with van der Waals surface area (Å²) in [7, 11) is 0. The summed E-state index contributed by atoms with van der Waals surface area (Å²) in [6.45, 7) is 6.40. The standard InChI is InChI=1S/C42H41NO/c1-30-16-24-38(25-17-30)43(41-14-8-7-13-40(41)33-10-4-3-5-11-33)39-26-22-32(23-27-39)34-20-21-36-29-37-12-6-9-15-42(37)44-31(2)18-19-35(36)28-34/h3-8,10,12-14,16-17,20-22,24-26,28,33H,2,9,11,15,18-19,23,27,29H2,1H3. The fourth-order valence-electron chi connectivity index (χ4n) is 6.93. The van der Waals surface area contributed by atoms with Crippen LogP contribution in [0.25, 0.3) is 5.57 Å². The van der Waals surface area contributed by atoms with Crippen molar-refractivity contribution in [1.29, 1.82) is 0 Å². The molecule has 0 saturated carbocycles. The molecular formula is C42H41NO. The van der Waals surface area contributed by atoms with Crippen LogP contribution in [-0.4, -0.2) is 0 Å². The van der Waals surface area contributed by atoms with Gasteiger partial charge in [-0.2, -0.15) is 0 Å². The smallest absolute Gasteiger partial charge is 0.107 e. The van der Waals surface area contributed by atoms with E-state index in [0.717, 1.165) is 62.9 Å². The Morgan fingerprint density at radius 1 is 0.818 bits per heavy atom. The van der Waals surface area contributed by atoms with E-state index in [9.17, 15) is 0 Å². The van der Waals surface area contributed by atoms with E-state index >= 15 is 0 Å². The number of allylic oxidation sites excluding steroid dienone is 13. The molecule has 0 aromatic heterocycles. The molecule has 0 fully saturated rings. The number of aryl methyl sites for hydroxylation is 2. The molecule has 2 heteroatoms. The zero-order valence-electron chi connectivity index (χ0n) is 25.8. The molecule has 1 atom stereocenters. The highest BCUT2D eigenvalue weighted by molar-refractivity contribution is 5.76. The minimum absolute atomic E-state index is 0.379. The first-order valence-electron chi connectivity index (χ1n) is 16.2. The van der Waals surface area contributed by atoms with Crippen LogP contribution < -0.4 is 4.90 Å². The topological polar surface area (TPSA) is 12.5 Å². The molecule has 1 unspecified atom stereocenters. The maximum absolute atomic E-state index is 6.22. The summed E-state index contributed by atoms with van der Waals surface area (Å²) >= 11 is 0. The monoisotopic (exact) mass is 575 g/mol. The Balaban J connectivity index is 1.23. The Morgan fingerprint density at radius 3 is 2.52 bits per heavy atom. The van der Waals surface area contributed by atoms with E-state index in [-0.39, 0.29) is 0 Å². The summed E-state index contributed by atoms with van der Waals surface area (Å²) in [6, 6.07) is 25.0. The van der Waals surface area contributed by atoms with Gasteiger partial charge in [0.1, 0.15) is 5.76 Å². The molecule has 0 amide bonds. The number of hydrogen-bond acceptors (Lipinski definition) is 2. The largest absolute Gasteiger partial charge is 0.466 e. The maximum atomic E-state index is 6.22. The van der Waals surface area contributed by atoms with Crippen molar-refractivity contribution in [3.63, 3.8) is 0 Å². The van der Waals surface area contributed by atoms with E-state index in [1.807, 2.05) is 0 Å². The minimum atomic E-state index is 0.379. The fraction of sp³-hybridized carbons (Fsp3) is 0.238. The first-order valence-corrected chi connectivity index (χ1v) is 16.2. The predicted molar refractivity (Wildman–Crippen MR) is 185 cm³/mol. The average molecular weight is 576 g/mol. The van der Waals surface area contributed by atoms with Gasteiger partial charge in [-0.15, -0.1) is 0 Å². The van der Waals surface area contributed by atoms with Crippen LogP contribution in [0.3, 0.4) is 0 Å². The van der Waals surface area contributed by atoms with E-state index in [1.54, 1.807) is 0 Å². The molecule has 0 spiro atoms. The summed E-state index contributed by atoms with van der Waals surface area (Å²) < 4.78 is 6.22. The molecule has 0 N–H and O–H groups in total. The van der Waals surface area contributed by atoms with Gasteiger partial charge < -0.3 is 9.64 Å². The lowest BCUT2D eigenvalue weighted by molar-refractivity contribution is 0.275. The van der Waals surface area contributed by atoms with E-state index in [4.69, 9.17) is 4.74 Å². The van der Waals surface area contributed by atoms with Crippen molar-refractivity contribution in [3.8, 4) is 0 Å². The quantitative estimate of drug-likeness (QED) is 0.300. The predicted octanol–water partition coefficient (Wildman–Crippen LogP) is 11.1. The molecule has 3 aromatic rings. The molecule has 2 nitrogen and oxygen atoms in total. The molecule has 0 bridgehead atoms. The molecular weight excluding hydrogens is 534 g/mol. The minimum Gasteiger partial charge on any atom is -0.466 e. The number of fused-ring (bicyclic) bond motifs is 1. The van der Waals surface area contributed by atoms with Crippen molar-refractivity contribution in [3.05, 3.63) is 173 Å². The van der Waals surface area contributed by atoms with Gasteiger partial charge in [0.2, 0.25) is 0 Å². The van der Waals surface area contributed by atoms with Crippen LogP contribution >= 0.6 is 0 Å². The van der Waals surface area contributed by atoms with Gasteiger partial charge in [-0.1, -0.05) is 103 Å². The normalized spacial score (nSPS) is 19.6. The SMILES string of the molecule is C=C1CCc2cc(C3=CC=C(N(c4ccc(C)cc4)c4ccccc4C4C=CC=CC4)CC3)ccc2CC2=C(CCC=C2)O1. The molecule has 0 radical (unpaired) electrons. The summed E-state index contributed by atoms with van der Waals surface area (Å²) in [5, 5.41) is 0. The van der Waals surface area contributed by atoms with Crippen LogP contribution in [0.1, 0.15) is 72.3 Å². The second-order valence-corrected chi connectivity index (χ2v) is 12.4. The third-order valence-corrected chi connectivity index (χ3v) is 9.38. The molecule has 44 heavy (non-hydrogen) atoms. The zero-order valence-corrected chi connectivity index (χ0v) is 25.8. The lowest BCUT2D eigenvalue weighted by atomic mass is 9.88. The number of nitrogens with zero attached hydrogens (tertiary/aromatic N) is 1. The van der Waals surface area contributed by atoms with Gasteiger partial charge in [0.25, 0.3) is 0 Å². The van der Waals surface area contributed by atoms with E-state index in [2.05, 4.69) is 134 Å². The Hall–Kier alpha value is -4.56. The van der Waals surface area contributed by atoms with Crippen molar-refractivity contribution < 1.29 is 4.74 Å². The van der Waals surface area contributed by atoms with E-state index in [1.165, 1.54) is 56.0 Å². The summed E-state index contributed by atoms with van der Waals surface area (Å²) in [5.41, 5.74) is 13.3. The Morgan fingerprint density at radius 2 is 1.70 bits per heavy atom. The Labute approximate surface area is 262 Å². The van der Waals surface area contributed by atoms with Crippen LogP contribution in [-0.2, 0) is 17.6 Å². The number of hydrogen-bond donors (Lipinski definition) is 0. The summed E-state index contributed by atoms with van der Waals surface area (Å²) in [5.74, 6) is 2.37. The molecule has 220 valence electrons. The first kappa shape index (κ1) is 28.2. The highest BCUT2D eigenvalue weighted by Gasteiger charge is 2.23. The molecule has 1 heterocycles. The number of rotatable bonds is 5. The average Bonchev–Trinajstić information content (AvgIpc) is 3.13. The third kappa shape index (κ3) is 5.95. The highest BCUT2D eigenvalue weighted by atomic mass is 16.5. The molecule has 0 saturated heterocycles. The number of anilines is 2. The number of para-hydroxylation sites is 1. The Bertz CT molecular complexity index is 1760. The van der Waals surface area contributed by atoms with Crippen molar-refractivity contribution in [2.24, 2.45) is 0 Å². The van der Waals surface area contributed by atoms with Gasteiger partial charge in [-0.05, 0) is 96.7 Å². The van der Waals surface area contributed by atoms with Gasteiger partial charge in [-0.25, -0.2) is 0 Å². The molecule has 3 aliphatic carbocycles. The van der Waals surface area contributed by atoms with Gasteiger partial charge >= 0.3 is 0 Å². The highest BCUT2D eigenvalue weighted by Crippen LogP contribution is 2.41. The molecule has 3 aromatic carbocycles. The lowest BCUT2D eigenvalue weighted by Crippen LogP contribution is -2.20. The van der Waals surface area contributed by atoms with Crippen LogP contribution in [0.5, 0.6) is 0 Å². The zero-order chi connectivity index (χ0) is 29.9. The lowest BCUT2D eigenvalue weighted by Gasteiger charge is -2.33. The molecule has 1 aliphatic heterocycles. The van der Waals surface area contributed by atoms with Crippen molar-refractivity contribution in [2.45, 2.75) is 64.2 Å². The molecule has 4 aliphatic rings. The number of benzene rings is 3. The van der Waals surface area contributed by atoms with Crippen LogP contribution in [0.15, 0.2) is 145 Å². The van der Waals surface area contributed by atoms with Crippen molar-refractivity contribution in [2.75, 3.05) is 4.90 Å².